The van der Waals surface area contributed by atoms with Crippen molar-refractivity contribution in [3.8, 4) is 0 Å². The van der Waals surface area contributed by atoms with Crippen molar-refractivity contribution in [1.82, 2.24) is 15.2 Å². The van der Waals surface area contributed by atoms with E-state index in [0.717, 1.165) is 22.9 Å². The summed E-state index contributed by atoms with van der Waals surface area (Å²) in [5.74, 6) is 1.19. The predicted octanol–water partition coefficient (Wildman–Crippen LogP) is 3.45. The van der Waals surface area contributed by atoms with Gasteiger partial charge in [0, 0.05) is 38.2 Å². The molecule has 0 bridgehead atoms. The van der Waals surface area contributed by atoms with E-state index in [4.69, 9.17) is 0 Å². The smallest absolute Gasteiger partial charge is 0.249 e. The molecule has 24 heavy (non-hydrogen) atoms. The van der Waals surface area contributed by atoms with Gasteiger partial charge >= 0.3 is 0 Å². The minimum absolute atomic E-state index is 0.466. The summed E-state index contributed by atoms with van der Waals surface area (Å²) < 4.78 is 0. The van der Waals surface area contributed by atoms with Crippen LogP contribution in [0.1, 0.15) is 0 Å². The molecule has 0 amide bonds. The van der Waals surface area contributed by atoms with Crippen molar-refractivity contribution < 1.29 is 0 Å². The third kappa shape index (κ3) is 3.60. The molecule has 0 aliphatic rings. The highest BCUT2D eigenvalue weighted by Gasteiger charge is 2.08. The van der Waals surface area contributed by atoms with Gasteiger partial charge in [0.15, 0.2) is 5.82 Å². The van der Waals surface area contributed by atoms with Crippen molar-refractivity contribution in [1.29, 1.82) is 0 Å². The molecule has 1 aromatic heterocycles. The van der Waals surface area contributed by atoms with Crippen molar-refractivity contribution in [3.05, 3.63) is 60.8 Å². The molecule has 0 aliphatic carbocycles. The summed E-state index contributed by atoms with van der Waals surface area (Å²) in [5, 5.41) is 11.3. The van der Waals surface area contributed by atoms with Gasteiger partial charge in [-0.2, -0.15) is 10.1 Å². The molecule has 1 N–H and O–H groups in total. The van der Waals surface area contributed by atoms with E-state index in [9.17, 15) is 0 Å². The lowest BCUT2D eigenvalue weighted by Crippen LogP contribution is -2.13. The lowest BCUT2D eigenvalue weighted by molar-refractivity contribution is 0.957. The van der Waals surface area contributed by atoms with E-state index in [0.29, 0.717) is 5.95 Å². The Morgan fingerprint density at radius 1 is 0.833 bits per heavy atom. The number of anilines is 5. The Kier molecular flexibility index (Phi) is 4.56. The summed E-state index contributed by atoms with van der Waals surface area (Å²) in [6.45, 7) is 0. The molecule has 3 aromatic rings. The number of nitrogens with zero attached hydrogens (tertiary/aromatic N) is 5. The highest BCUT2D eigenvalue weighted by atomic mass is 15.3. The van der Waals surface area contributed by atoms with Gasteiger partial charge in [-0.05, 0) is 36.4 Å². The second kappa shape index (κ2) is 6.95. The maximum absolute atomic E-state index is 4.53. The molecule has 122 valence electrons. The Balaban J connectivity index is 1.78. The van der Waals surface area contributed by atoms with Crippen LogP contribution in [0.2, 0.25) is 0 Å². The van der Waals surface area contributed by atoms with Crippen LogP contribution in [0.25, 0.3) is 0 Å². The molecular weight excluding hydrogens is 300 g/mol. The maximum atomic E-state index is 4.53. The average Bonchev–Trinajstić information content (AvgIpc) is 2.62. The van der Waals surface area contributed by atoms with Gasteiger partial charge in [-0.3, -0.25) is 0 Å². The lowest BCUT2D eigenvalue weighted by atomic mass is 10.2. The minimum Gasteiger partial charge on any atom is -0.378 e. The molecule has 0 spiro atoms. The molecular formula is C18H20N6. The molecule has 0 fully saturated rings. The highest BCUT2D eigenvalue weighted by Crippen LogP contribution is 2.22. The predicted molar refractivity (Wildman–Crippen MR) is 98.4 cm³/mol. The first-order valence-electron chi connectivity index (χ1n) is 7.66. The molecule has 3 rings (SSSR count). The Hall–Kier alpha value is -3.15. The van der Waals surface area contributed by atoms with E-state index < -0.39 is 0 Å². The molecule has 6 heteroatoms. The fraction of sp³-hybridized carbons (Fsp3) is 0.167. The van der Waals surface area contributed by atoms with E-state index in [2.05, 4.69) is 25.4 Å². The zero-order chi connectivity index (χ0) is 16.9. The number of rotatable bonds is 5. The third-order valence-corrected chi connectivity index (χ3v) is 3.67. The zero-order valence-electron chi connectivity index (χ0n) is 14.0. The largest absolute Gasteiger partial charge is 0.378 e. The Morgan fingerprint density at radius 3 is 2.21 bits per heavy atom. The molecule has 6 nitrogen and oxygen atoms in total. The minimum atomic E-state index is 0.466. The van der Waals surface area contributed by atoms with Crippen LogP contribution in [0.5, 0.6) is 0 Å². The molecule has 0 saturated carbocycles. The second-order valence-corrected chi connectivity index (χ2v) is 5.60. The molecule has 0 atom stereocenters. The number of aromatic nitrogens is 3. The van der Waals surface area contributed by atoms with Crippen molar-refractivity contribution >= 4 is 28.8 Å². The SMILES string of the molecule is CN(C)c1ccc(Nc2nncc(N(C)c3ccccc3)n2)cc1. The van der Waals surface area contributed by atoms with E-state index in [-0.39, 0.29) is 0 Å². The summed E-state index contributed by atoms with van der Waals surface area (Å²) in [7, 11) is 5.98. The fourth-order valence-electron chi connectivity index (χ4n) is 2.27. The van der Waals surface area contributed by atoms with Crippen LogP contribution < -0.4 is 15.1 Å². The number of nitrogens with one attached hydrogen (secondary N) is 1. The normalized spacial score (nSPS) is 10.3. The van der Waals surface area contributed by atoms with Crippen LogP contribution in [-0.2, 0) is 0 Å². The van der Waals surface area contributed by atoms with E-state index in [1.54, 1.807) is 6.20 Å². The van der Waals surface area contributed by atoms with Crippen LogP contribution in [0.3, 0.4) is 0 Å². The van der Waals surface area contributed by atoms with Crippen LogP contribution in [-0.4, -0.2) is 36.3 Å². The Labute approximate surface area is 141 Å². The fourth-order valence-corrected chi connectivity index (χ4v) is 2.27. The topological polar surface area (TPSA) is 57.2 Å². The monoisotopic (exact) mass is 320 g/mol. The van der Waals surface area contributed by atoms with E-state index >= 15 is 0 Å². The number of para-hydroxylation sites is 1. The molecule has 0 aliphatic heterocycles. The van der Waals surface area contributed by atoms with Gasteiger partial charge in [-0.15, -0.1) is 5.10 Å². The molecule has 0 radical (unpaired) electrons. The van der Waals surface area contributed by atoms with Gasteiger partial charge in [-0.1, -0.05) is 18.2 Å². The van der Waals surface area contributed by atoms with Gasteiger partial charge in [0.2, 0.25) is 5.95 Å². The first kappa shape index (κ1) is 15.7. The van der Waals surface area contributed by atoms with Gasteiger partial charge in [0.05, 0.1) is 6.20 Å². The van der Waals surface area contributed by atoms with Gasteiger partial charge in [0.25, 0.3) is 0 Å². The van der Waals surface area contributed by atoms with Crippen molar-refractivity contribution in [2.75, 3.05) is 36.3 Å². The Bertz CT molecular complexity index is 786. The standard InChI is InChI=1S/C18H20N6/c1-23(2)15-11-9-14(10-12-15)20-18-21-17(13-19-22-18)24(3)16-7-5-4-6-8-16/h4-13H,1-3H3,(H,20,21,22). The van der Waals surface area contributed by atoms with Crippen LogP contribution in [0, 0.1) is 0 Å². The maximum Gasteiger partial charge on any atom is 0.249 e. The van der Waals surface area contributed by atoms with Crippen molar-refractivity contribution in [2.24, 2.45) is 0 Å². The summed E-state index contributed by atoms with van der Waals surface area (Å²) >= 11 is 0. The zero-order valence-corrected chi connectivity index (χ0v) is 14.0. The summed E-state index contributed by atoms with van der Waals surface area (Å²) in [6.07, 6.45) is 1.65. The number of hydrogen-bond acceptors (Lipinski definition) is 6. The van der Waals surface area contributed by atoms with Crippen LogP contribution in [0.15, 0.2) is 60.8 Å². The third-order valence-electron chi connectivity index (χ3n) is 3.67. The summed E-state index contributed by atoms with van der Waals surface area (Å²) in [6, 6.07) is 18.1. The molecule has 2 aromatic carbocycles. The summed E-state index contributed by atoms with van der Waals surface area (Å²) in [5.41, 5.74) is 3.10. The quantitative estimate of drug-likeness (QED) is 0.777. The molecule has 1 heterocycles. The van der Waals surface area contributed by atoms with Gasteiger partial charge < -0.3 is 15.1 Å². The second-order valence-electron chi connectivity index (χ2n) is 5.60. The average molecular weight is 320 g/mol. The van der Waals surface area contributed by atoms with Crippen LogP contribution in [0.4, 0.5) is 28.8 Å². The molecule has 0 saturated heterocycles. The van der Waals surface area contributed by atoms with Gasteiger partial charge in [-0.25, -0.2) is 0 Å². The highest BCUT2D eigenvalue weighted by molar-refractivity contribution is 5.62. The first-order chi connectivity index (χ1) is 11.6. The first-order valence-corrected chi connectivity index (χ1v) is 7.66. The number of benzene rings is 2. The lowest BCUT2D eigenvalue weighted by Gasteiger charge is -2.18. The van der Waals surface area contributed by atoms with Crippen molar-refractivity contribution in [3.63, 3.8) is 0 Å². The molecule has 0 unspecified atom stereocenters. The summed E-state index contributed by atoms with van der Waals surface area (Å²) in [4.78, 5) is 8.55. The number of hydrogen-bond donors (Lipinski definition) is 1. The van der Waals surface area contributed by atoms with Crippen LogP contribution >= 0.6 is 0 Å². The van der Waals surface area contributed by atoms with E-state index in [1.165, 1.54) is 0 Å². The van der Waals surface area contributed by atoms with Crippen molar-refractivity contribution in [2.45, 2.75) is 0 Å². The van der Waals surface area contributed by atoms with Gasteiger partial charge in [0.1, 0.15) is 0 Å². The Morgan fingerprint density at radius 2 is 1.54 bits per heavy atom. The van der Waals surface area contributed by atoms with E-state index in [1.807, 2.05) is 80.6 Å².